The highest BCUT2D eigenvalue weighted by Gasteiger charge is 2.31. The van der Waals surface area contributed by atoms with Crippen LogP contribution in [0.25, 0.3) is 0 Å². The molecule has 0 amide bonds. The summed E-state index contributed by atoms with van der Waals surface area (Å²) >= 11 is 0. The molecule has 3 rings (SSSR count). The number of aromatic nitrogens is 2. The van der Waals surface area contributed by atoms with Gasteiger partial charge in [0.25, 0.3) is 10.1 Å². The Balaban J connectivity index is 1.85. The maximum absolute atomic E-state index is 13.1. The van der Waals surface area contributed by atoms with E-state index in [1.165, 1.54) is 10.9 Å². The van der Waals surface area contributed by atoms with Crippen molar-refractivity contribution in [3.8, 4) is 0 Å². The average molecular weight is 573 g/mol. The fraction of sp³-hybridized carbons (Fsp3) is 0.393. The topological polar surface area (TPSA) is 114 Å². The third-order valence-electron chi connectivity index (χ3n) is 5.92. The average Bonchev–Trinajstić information content (AvgIpc) is 2.87. The largest absolute Gasteiger partial charge is 0.458 e. The minimum atomic E-state index is -3.93. The van der Waals surface area contributed by atoms with Crippen LogP contribution in [-0.4, -0.2) is 57.8 Å². The predicted octanol–water partition coefficient (Wildman–Crippen LogP) is 4.20. The summed E-state index contributed by atoms with van der Waals surface area (Å²) in [6.07, 6.45) is 1.37. The lowest BCUT2D eigenvalue weighted by Gasteiger charge is -2.27. The van der Waals surface area contributed by atoms with Gasteiger partial charge in [-0.15, -0.1) is 0 Å². The van der Waals surface area contributed by atoms with Gasteiger partial charge in [-0.1, -0.05) is 80.3 Å². The first-order valence-electron chi connectivity index (χ1n) is 12.7. The third-order valence-corrected chi connectivity index (χ3v) is 8.22. The van der Waals surface area contributed by atoms with E-state index in [-0.39, 0.29) is 6.73 Å². The molecule has 11 heteroatoms. The molecule has 210 valence electrons. The molecule has 1 heterocycles. The quantitative estimate of drug-likeness (QED) is 0.130. The van der Waals surface area contributed by atoms with Crippen LogP contribution in [0.5, 0.6) is 0 Å². The zero-order chi connectivity index (χ0) is 28.6. The maximum Gasteiger partial charge on any atom is 0.363 e. The first-order chi connectivity index (χ1) is 18.3. The van der Waals surface area contributed by atoms with E-state index in [2.05, 4.69) is 24.7 Å². The number of carbonyl (C=O) groups is 1. The Morgan fingerprint density at radius 2 is 1.56 bits per heavy atom. The summed E-state index contributed by atoms with van der Waals surface area (Å²) < 4.78 is 42.4. The number of esters is 1. The van der Waals surface area contributed by atoms with E-state index in [0.29, 0.717) is 12.2 Å². The molecule has 39 heavy (non-hydrogen) atoms. The zero-order valence-corrected chi connectivity index (χ0v) is 24.8. The van der Waals surface area contributed by atoms with Crippen molar-refractivity contribution in [3.05, 3.63) is 99.5 Å². The summed E-state index contributed by atoms with van der Waals surface area (Å²) in [5, 5.41) is 4.14. The molecular weight excluding hydrogens is 536 g/mol. The van der Waals surface area contributed by atoms with Crippen LogP contribution in [0.2, 0.25) is 25.7 Å². The summed E-state index contributed by atoms with van der Waals surface area (Å²) in [6, 6.07) is 19.4. The summed E-state index contributed by atoms with van der Waals surface area (Å²) in [4.78, 5) is 25.8. The Bertz CT molecular complexity index is 1370. The van der Waals surface area contributed by atoms with Crippen molar-refractivity contribution in [2.75, 3.05) is 19.5 Å². The number of benzene rings is 2. The van der Waals surface area contributed by atoms with Crippen LogP contribution >= 0.6 is 0 Å². The standard InChI is InChI=1S/C28H36N2O7SSi/c1-21-18-30(20-35-16-17-39(3,4)5)29-26(27(21)31)28(32)36-19-24(37-38(2,33)34)25(22-12-8-6-9-13-22)23-14-10-7-11-15-23/h6-15,18,24-25H,16-17,19-20H2,1-5H3. The zero-order valence-electron chi connectivity index (χ0n) is 23.0. The van der Waals surface area contributed by atoms with Crippen LogP contribution in [0.15, 0.2) is 71.7 Å². The summed E-state index contributed by atoms with van der Waals surface area (Å²) in [5.74, 6) is -1.54. The molecule has 3 aromatic rings. The molecule has 0 spiro atoms. The van der Waals surface area contributed by atoms with Crippen molar-refractivity contribution in [1.82, 2.24) is 9.78 Å². The molecule has 0 aliphatic rings. The Kier molecular flexibility index (Phi) is 10.4. The van der Waals surface area contributed by atoms with Gasteiger partial charge in [0, 0.05) is 32.4 Å². The highest BCUT2D eigenvalue weighted by Crippen LogP contribution is 2.31. The third kappa shape index (κ3) is 9.54. The monoisotopic (exact) mass is 572 g/mol. The first kappa shape index (κ1) is 30.4. The van der Waals surface area contributed by atoms with Crippen molar-refractivity contribution < 1.29 is 26.9 Å². The Morgan fingerprint density at radius 3 is 2.08 bits per heavy atom. The SMILES string of the molecule is Cc1cn(COCC[Si](C)(C)C)nc(C(=O)OCC(OS(C)(=O)=O)C(c2ccccc2)c2ccccc2)c1=O. The van der Waals surface area contributed by atoms with Crippen LogP contribution < -0.4 is 5.43 Å². The van der Waals surface area contributed by atoms with Crippen molar-refractivity contribution in [2.24, 2.45) is 0 Å². The second kappa shape index (κ2) is 13.3. The number of carbonyl (C=O) groups excluding carboxylic acids is 1. The van der Waals surface area contributed by atoms with E-state index in [0.717, 1.165) is 23.4 Å². The molecule has 0 bridgehead atoms. The molecule has 0 saturated heterocycles. The fourth-order valence-electron chi connectivity index (χ4n) is 3.98. The van der Waals surface area contributed by atoms with E-state index in [1.54, 1.807) is 6.92 Å². The highest BCUT2D eigenvalue weighted by atomic mass is 32.2. The number of rotatable bonds is 13. The van der Waals surface area contributed by atoms with Gasteiger partial charge in [-0.2, -0.15) is 13.5 Å². The smallest absolute Gasteiger partial charge is 0.363 e. The summed E-state index contributed by atoms with van der Waals surface area (Å²) in [7, 11) is -5.20. The predicted molar refractivity (Wildman–Crippen MR) is 152 cm³/mol. The van der Waals surface area contributed by atoms with Crippen molar-refractivity contribution in [3.63, 3.8) is 0 Å². The van der Waals surface area contributed by atoms with Crippen LogP contribution in [0.4, 0.5) is 0 Å². The van der Waals surface area contributed by atoms with Gasteiger partial charge in [0.15, 0.2) is 0 Å². The van der Waals surface area contributed by atoms with Gasteiger partial charge in [0.1, 0.15) is 19.4 Å². The van der Waals surface area contributed by atoms with E-state index >= 15 is 0 Å². The molecule has 0 aliphatic heterocycles. The first-order valence-corrected chi connectivity index (χ1v) is 18.2. The second-order valence-corrected chi connectivity index (χ2v) is 17.8. The Labute approximate surface area is 230 Å². The molecule has 0 N–H and O–H groups in total. The van der Waals surface area contributed by atoms with E-state index in [1.807, 2.05) is 60.7 Å². The van der Waals surface area contributed by atoms with Crippen LogP contribution in [0, 0.1) is 6.92 Å². The van der Waals surface area contributed by atoms with Gasteiger partial charge in [0.2, 0.25) is 11.1 Å². The van der Waals surface area contributed by atoms with Crippen molar-refractivity contribution >= 4 is 24.2 Å². The molecule has 0 aliphatic carbocycles. The van der Waals surface area contributed by atoms with E-state index in [9.17, 15) is 18.0 Å². The highest BCUT2D eigenvalue weighted by molar-refractivity contribution is 7.86. The molecular formula is C28H36N2O7SSi. The molecule has 1 unspecified atom stereocenters. The second-order valence-electron chi connectivity index (χ2n) is 10.6. The lowest BCUT2D eigenvalue weighted by atomic mass is 9.87. The lowest BCUT2D eigenvalue weighted by Crippen LogP contribution is -2.33. The molecule has 0 saturated carbocycles. The van der Waals surface area contributed by atoms with Gasteiger partial charge in [-0.05, 0) is 24.1 Å². The Hall–Kier alpha value is -3.12. The van der Waals surface area contributed by atoms with Gasteiger partial charge in [-0.25, -0.2) is 9.48 Å². The number of aryl methyl sites for hydroxylation is 1. The molecule has 0 fully saturated rings. The van der Waals surface area contributed by atoms with E-state index < -0.39 is 53.9 Å². The minimum absolute atomic E-state index is 0.0791. The molecule has 9 nitrogen and oxygen atoms in total. The molecule has 1 atom stereocenters. The van der Waals surface area contributed by atoms with Gasteiger partial charge in [-0.3, -0.25) is 8.98 Å². The van der Waals surface area contributed by atoms with Crippen LogP contribution in [0.1, 0.15) is 33.1 Å². The fourth-order valence-corrected chi connectivity index (χ4v) is 5.35. The maximum atomic E-state index is 13.1. The molecule has 2 aromatic carbocycles. The van der Waals surface area contributed by atoms with Gasteiger partial charge in [0.05, 0.1) is 6.26 Å². The summed E-state index contributed by atoms with van der Waals surface area (Å²) in [6.45, 7) is 8.51. The minimum Gasteiger partial charge on any atom is -0.458 e. The number of nitrogens with zero attached hydrogens (tertiary/aromatic N) is 2. The van der Waals surface area contributed by atoms with Crippen LogP contribution in [0.3, 0.4) is 0 Å². The van der Waals surface area contributed by atoms with Crippen molar-refractivity contribution in [1.29, 1.82) is 0 Å². The number of hydrogen-bond acceptors (Lipinski definition) is 8. The number of ether oxygens (including phenoxy) is 2. The van der Waals surface area contributed by atoms with Gasteiger partial charge >= 0.3 is 5.97 Å². The lowest BCUT2D eigenvalue weighted by molar-refractivity contribution is 0.0278. The van der Waals surface area contributed by atoms with Gasteiger partial charge < -0.3 is 9.47 Å². The Morgan fingerprint density at radius 1 is 1.00 bits per heavy atom. The normalized spacial score (nSPS) is 12.9. The van der Waals surface area contributed by atoms with Crippen molar-refractivity contribution in [2.45, 2.75) is 51.4 Å². The summed E-state index contributed by atoms with van der Waals surface area (Å²) in [5.41, 5.74) is 0.889. The number of hydrogen-bond donors (Lipinski definition) is 0. The van der Waals surface area contributed by atoms with E-state index in [4.69, 9.17) is 13.7 Å². The van der Waals surface area contributed by atoms with Crippen LogP contribution in [-0.2, 0) is 30.5 Å². The molecule has 0 radical (unpaired) electrons. The molecule has 1 aromatic heterocycles.